The maximum absolute atomic E-state index is 4.57. The van der Waals surface area contributed by atoms with Crippen molar-refractivity contribution >= 4 is 55.6 Å². The largest absolute Gasteiger partial charge is 0.311 e. The molecule has 2 aliphatic carbocycles. The smallest absolute Gasteiger partial charge is 0.0528 e. The van der Waals surface area contributed by atoms with Gasteiger partial charge in [0.25, 0.3) is 0 Å². The third-order valence-electron chi connectivity index (χ3n) is 13.4. The van der Waals surface area contributed by atoms with E-state index < -0.39 is 0 Å². The Morgan fingerprint density at radius 1 is 0.439 bits per heavy atom. The average Bonchev–Trinajstić information content (AvgIpc) is 3.61. The molecule has 0 spiro atoms. The molecular weight excluding hydrogens is 797 g/mol. The first-order valence-electron chi connectivity index (χ1n) is 22.9. The van der Waals surface area contributed by atoms with Crippen LogP contribution in [0.25, 0.3) is 49.4 Å². The summed E-state index contributed by atoms with van der Waals surface area (Å²) in [5, 5.41) is 5.18. The average molecular weight is 847 g/mol. The molecule has 2 nitrogen and oxygen atoms in total. The summed E-state index contributed by atoms with van der Waals surface area (Å²) in [6, 6.07) is 74.6. The van der Waals surface area contributed by atoms with Gasteiger partial charge < -0.3 is 9.80 Å². The molecule has 0 bridgehead atoms. The highest BCUT2D eigenvalue weighted by Gasteiger charge is 2.38. The van der Waals surface area contributed by atoms with Crippen molar-refractivity contribution in [3.8, 4) is 22.3 Å². The molecule has 0 radical (unpaired) electrons. The van der Waals surface area contributed by atoms with E-state index in [1.807, 2.05) is 0 Å². The number of fused-ring (bicyclic) bond motifs is 8. The molecule has 0 amide bonds. The van der Waals surface area contributed by atoms with Crippen LogP contribution in [0.2, 0.25) is 0 Å². The maximum Gasteiger partial charge on any atom is 0.0528 e. The molecule has 0 N–H and O–H groups in total. The third-order valence-corrected chi connectivity index (χ3v) is 13.4. The summed E-state index contributed by atoms with van der Waals surface area (Å²) < 4.78 is 0. The Balaban J connectivity index is 0.991. The van der Waals surface area contributed by atoms with E-state index in [4.69, 9.17) is 0 Å². The predicted octanol–water partition coefficient (Wildman–Crippen LogP) is 17.6. The number of nitrogens with zero attached hydrogens (tertiary/aromatic N) is 2. The molecule has 0 fully saturated rings. The molecule has 0 saturated heterocycles. The molecule has 0 unspecified atom stereocenters. The first-order chi connectivity index (χ1) is 32.4. The summed E-state index contributed by atoms with van der Waals surface area (Å²) in [6.07, 6.45) is 14.0. The van der Waals surface area contributed by atoms with Gasteiger partial charge in [0.05, 0.1) is 5.70 Å². The molecule has 9 aromatic rings. The van der Waals surface area contributed by atoms with Crippen LogP contribution >= 0.6 is 0 Å². The lowest BCUT2D eigenvalue weighted by molar-refractivity contribution is 0.666. The van der Waals surface area contributed by atoms with Gasteiger partial charge in [0.1, 0.15) is 0 Å². The summed E-state index contributed by atoms with van der Waals surface area (Å²) in [7, 11) is 0. The van der Waals surface area contributed by atoms with Gasteiger partial charge in [-0.05, 0) is 157 Å². The molecule has 9 aromatic carbocycles. The van der Waals surface area contributed by atoms with Crippen LogP contribution in [0.1, 0.15) is 37.0 Å². The number of benzene rings is 9. The Kier molecular flexibility index (Phi) is 10.5. The molecule has 2 heteroatoms. The van der Waals surface area contributed by atoms with Crippen molar-refractivity contribution in [1.29, 1.82) is 0 Å². The number of allylic oxidation sites excluding steroid dienone is 7. The summed E-state index contributed by atoms with van der Waals surface area (Å²) >= 11 is 0. The Labute approximate surface area is 388 Å². The van der Waals surface area contributed by atoms with E-state index >= 15 is 0 Å². The Morgan fingerprint density at radius 3 is 1.59 bits per heavy atom. The lowest BCUT2D eigenvalue weighted by atomic mass is 9.78. The summed E-state index contributed by atoms with van der Waals surface area (Å²) in [5.41, 5.74) is 17.6. The highest BCUT2D eigenvalue weighted by atomic mass is 15.2. The van der Waals surface area contributed by atoms with Gasteiger partial charge in [0, 0.05) is 33.9 Å². The lowest BCUT2D eigenvalue weighted by Crippen LogP contribution is -2.17. The van der Waals surface area contributed by atoms with Crippen LogP contribution in [-0.4, -0.2) is 0 Å². The molecule has 0 saturated carbocycles. The predicted molar refractivity (Wildman–Crippen MR) is 282 cm³/mol. The summed E-state index contributed by atoms with van der Waals surface area (Å²) in [4.78, 5) is 4.61. The van der Waals surface area contributed by atoms with Gasteiger partial charge >= 0.3 is 0 Å². The Bertz CT molecular complexity index is 3310. The number of hydrogen-bond acceptors (Lipinski definition) is 2. The van der Waals surface area contributed by atoms with Crippen LogP contribution in [0.5, 0.6) is 0 Å². The molecule has 66 heavy (non-hydrogen) atoms. The third kappa shape index (κ3) is 7.27. The van der Waals surface area contributed by atoms with Gasteiger partial charge in [0.15, 0.2) is 0 Å². The first-order valence-corrected chi connectivity index (χ1v) is 22.9. The minimum atomic E-state index is -0.244. The molecular formula is C64H50N2. The fraction of sp³-hybridized carbons (Fsp3) is 0.0625. The van der Waals surface area contributed by atoms with Crippen molar-refractivity contribution in [1.82, 2.24) is 0 Å². The quantitative estimate of drug-likeness (QED) is 0.141. The molecule has 316 valence electrons. The molecule has 0 aromatic heterocycles. The van der Waals surface area contributed by atoms with Crippen molar-refractivity contribution in [2.24, 2.45) is 0 Å². The SMILES string of the molecule is C=C1/C=C\C=C/C/C(c2ccc3c(c2)C(C)(C)c2c-3c3ccccc3c3cc(-c4ccc(N(c5ccccc5)c5ccccc5)cc4)ccc23)=C\C=C1N(c1ccccc1)c1ccccc1. The zero-order valence-electron chi connectivity index (χ0n) is 37.4. The van der Waals surface area contributed by atoms with Gasteiger partial charge in [-0.25, -0.2) is 0 Å². The normalized spacial score (nSPS) is 15.8. The van der Waals surface area contributed by atoms with Crippen molar-refractivity contribution in [2.45, 2.75) is 25.7 Å². The van der Waals surface area contributed by atoms with Gasteiger partial charge in [-0.15, -0.1) is 0 Å². The molecule has 0 aliphatic heterocycles. The van der Waals surface area contributed by atoms with E-state index in [0.29, 0.717) is 0 Å². The van der Waals surface area contributed by atoms with Crippen molar-refractivity contribution in [3.63, 3.8) is 0 Å². The van der Waals surface area contributed by atoms with E-state index in [2.05, 4.69) is 273 Å². The Morgan fingerprint density at radius 2 is 0.970 bits per heavy atom. The zero-order chi connectivity index (χ0) is 44.6. The van der Waals surface area contributed by atoms with E-state index in [1.54, 1.807) is 0 Å². The van der Waals surface area contributed by atoms with Crippen LogP contribution in [0.4, 0.5) is 28.4 Å². The molecule has 11 rings (SSSR count). The molecule has 0 atom stereocenters. The van der Waals surface area contributed by atoms with Crippen LogP contribution in [0.3, 0.4) is 0 Å². The van der Waals surface area contributed by atoms with Gasteiger partial charge in [-0.1, -0.05) is 184 Å². The van der Waals surface area contributed by atoms with E-state index in [9.17, 15) is 0 Å². The number of para-hydroxylation sites is 4. The maximum atomic E-state index is 4.57. The van der Waals surface area contributed by atoms with Crippen LogP contribution in [0.15, 0.2) is 261 Å². The number of anilines is 5. The standard InChI is InChI=1S/C64H50N2/c1-45-21-9-4-10-22-46(37-42-61(45)66(52-27-15-7-16-28-52)53-29-17-8-18-30-53)49-36-41-58-60(44-49)64(2,3)63-57-40-35-48(43-59(57)55-31-19-20-32-56(55)62(58)63)47-33-38-54(39-34-47)65(50-23-11-5-12-24-50)51-25-13-6-14-26-51/h4-21,23-44H,1,22H2,2-3H3/b10-4-,21-9-,46-37+,61-42?. The van der Waals surface area contributed by atoms with Crippen molar-refractivity contribution in [2.75, 3.05) is 9.80 Å². The fourth-order valence-electron chi connectivity index (χ4n) is 10.2. The van der Waals surface area contributed by atoms with Crippen LogP contribution < -0.4 is 9.80 Å². The minimum absolute atomic E-state index is 0.244. The lowest BCUT2D eigenvalue weighted by Gasteiger charge is -2.28. The highest BCUT2D eigenvalue weighted by molar-refractivity contribution is 6.19. The zero-order valence-corrected chi connectivity index (χ0v) is 37.4. The fourth-order valence-corrected chi connectivity index (χ4v) is 10.2. The second-order valence-corrected chi connectivity index (χ2v) is 17.8. The Hall–Kier alpha value is -8.20. The van der Waals surface area contributed by atoms with E-state index in [0.717, 1.165) is 46.1 Å². The topological polar surface area (TPSA) is 6.48 Å². The molecule has 0 heterocycles. The monoisotopic (exact) mass is 846 g/mol. The van der Waals surface area contributed by atoms with E-state index in [1.165, 1.54) is 66.1 Å². The van der Waals surface area contributed by atoms with Crippen LogP contribution in [-0.2, 0) is 5.41 Å². The summed E-state index contributed by atoms with van der Waals surface area (Å²) in [6.45, 7) is 9.40. The van der Waals surface area contributed by atoms with Gasteiger partial charge in [-0.3, -0.25) is 0 Å². The van der Waals surface area contributed by atoms with Gasteiger partial charge in [-0.2, -0.15) is 0 Å². The second kappa shape index (κ2) is 17.1. The first kappa shape index (κ1) is 40.6. The highest BCUT2D eigenvalue weighted by Crippen LogP contribution is 2.55. The summed E-state index contributed by atoms with van der Waals surface area (Å²) in [5.74, 6) is 0. The number of hydrogen-bond donors (Lipinski definition) is 0. The van der Waals surface area contributed by atoms with Crippen molar-refractivity contribution in [3.05, 3.63) is 277 Å². The second-order valence-electron chi connectivity index (χ2n) is 17.8. The minimum Gasteiger partial charge on any atom is -0.311 e. The van der Waals surface area contributed by atoms with E-state index in [-0.39, 0.29) is 5.41 Å². The number of rotatable bonds is 8. The van der Waals surface area contributed by atoms with Crippen molar-refractivity contribution < 1.29 is 0 Å². The molecule has 2 aliphatic rings. The van der Waals surface area contributed by atoms with Crippen LogP contribution in [0, 0.1) is 0 Å². The van der Waals surface area contributed by atoms with Gasteiger partial charge in [0.2, 0.25) is 0 Å².